The minimum Gasteiger partial charge on any atom is -0.356 e. The molecular weight excluding hydrogens is 382 g/mol. The summed E-state index contributed by atoms with van der Waals surface area (Å²) >= 11 is 0. The number of nitrogens with zero attached hydrogens (tertiary/aromatic N) is 6. The molecule has 1 N–H and O–H groups in total. The van der Waals surface area contributed by atoms with Gasteiger partial charge in [-0.3, -0.25) is 14.5 Å². The fraction of sp³-hybridized carbons (Fsp3) is 0.571. The number of rotatable bonds is 7. The van der Waals surface area contributed by atoms with Crippen molar-refractivity contribution in [3.63, 3.8) is 0 Å². The zero-order valence-electron chi connectivity index (χ0n) is 17.0. The molecule has 158 valence electrons. The summed E-state index contributed by atoms with van der Waals surface area (Å²) in [5, 5.41) is 14.1. The molecule has 1 aromatic heterocycles. The molecule has 3 aliphatic rings. The van der Waals surface area contributed by atoms with Crippen LogP contribution in [0.1, 0.15) is 18.4 Å². The van der Waals surface area contributed by atoms with Gasteiger partial charge in [-0.15, -0.1) is 5.10 Å². The number of benzene rings is 1. The monoisotopic (exact) mass is 409 g/mol. The molecule has 0 radical (unpaired) electrons. The van der Waals surface area contributed by atoms with Gasteiger partial charge in [-0.1, -0.05) is 30.3 Å². The molecule has 30 heavy (non-hydrogen) atoms. The Balaban J connectivity index is 1.25. The molecule has 3 fully saturated rings. The minimum absolute atomic E-state index is 0.00780. The molecule has 2 aromatic rings. The molecule has 9 heteroatoms. The van der Waals surface area contributed by atoms with Crippen LogP contribution in [0, 0.1) is 17.3 Å². The SMILES string of the molecule is O=C(NCC1CC1)C1CN(Cc2ccccc2)CC12CN(C(=O)Cn1cnnn1)C2. The first-order valence-electron chi connectivity index (χ1n) is 10.6. The molecule has 2 amide bonds. The van der Waals surface area contributed by atoms with E-state index in [9.17, 15) is 9.59 Å². The van der Waals surface area contributed by atoms with Gasteiger partial charge < -0.3 is 10.2 Å². The van der Waals surface area contributed by atoms with E-state index in [-0.39, 0.29) is 29.7 Å². The maximum atomic E-state index is 13.0. The van der Waals surface area contributed by atoms with Gasteiger partial charge in [-0.25, -0.2) is 4.68 Å². The smallest absolute Gasteiger partial charge is 0.244 e. The molecule has 1 aliphatic carbocycles. The van der Waals surface area contributed by atoms with E-state index in [1.807, 2.05) is 23.1 Å². The topological polar surface area (TPSA) is 96.2 Å². The number of carbonyl (C=O) groups is 2. The molecule has 1 spiro atoms. The van der Waals surface area contributed by atoms with E-state index in [0.29, 0.717) is 19.0 Å². The van der Waals surface area contributed by atoms with E-state index in [0.717, 1.165) is 26.2 Å². The maximum absolute atomic E-state index is 13.0. The molecule has 9 nitrogen and oxygen atoms in total. The van der Waals surface area contributed by atoms with Crippen molar-refractivity contribution in [2.75, 3.05) is 32.7 Å². The largest absolute Gasteiger partial charge is 0.356 e. The second-order valence-corrected chi connectivity index (χ2v) is 9.02. The molecule has 2 saturated heterocycles. The van der Waals surface area contributed by atoms with Gasteiger partial charge >= 0.3 is 0 Å². The summed E-state index contributed by atoms with van der Waals surface area (Å²) in [6.07, 6.45) is 3.88. The highest BCUT2D eigenvalue weighted by molar-refractivity contribution is 5.82. The lowest BCUT2D eigenvalue weighted by Crippen LogP contribution is -2.64. The minimum atomic E-state index is -0.168. The third-order valence-corrected chi connectivity index (χ3v) is 6.60. The first-order valence-corrected chi connectivity index (χ1v) is 10.6. The number of aromatic nitrogens is 4. The molecule has 1 atom stereocenters. The number of likely N-dealkylation sites (tertiary alicyclic amines) is 2. The van der Waals surface area contributed by atoms with Crippen molar-refractivity contribution >= 4 is 11.8 Å². The standard InChI is InChI=1S/C21H27N7O2/c29-19(11-28-15-23-24-25-28)27-13-21(14-27)12-26(9-17-4-2-1-3-5-17)10-18(21)20(30)22-8-16-6-7-16/h1-5,15-16,18H,6-14H2,(H,22,30). The van der Waals surface area contributed by atoms with Crippen molar-refractivity contribution in [1.29, 1.82) is 0 Å². The number of tetrazole rings is 1. The fourth-order valence-corrected chi connectivity index (χ4v) is 4.79. The highest BCUT2D eigenvalue weighted by atomic mass is 16.2. The van der Waals surface area contributed by atoms with E-state index < -0.39 is 0 Å². The Morgan fingerprint density at radius 3 is 2.63 bits per heavy atom. The lowest BCUT2D eigenvalue weighted by molar-refractivity contribution is -0.150. The van der Waals surface area contributed by atoms with Crippen LogP contribution in [0.5, 0.6) is 0 Å². The Kier molecular flexibility index (Phi) is 4.98. The molecule has 0 bridgehead atoms. The van der Waals surface area contributed by atoms with E-state index in [1.54, 1.807) is 0 Å². The fourth-order valence-electron chi connectivity index (χ4n) is 4.79. The summed E-state index contributed by atoms with van der Waals surface area (Å²) in [7, 11) is 0. The summed E-state index contributed by atoms with van der Waals surface area (Å²) in [4.78, 5) is 29.8. The van der Waals surface area contributed by atoms with Crippen LogP contribution in [0.4, 0.5) is 0 Å². The third kappa shape index (κ3) is 3.94. The van der Waals surface area contributed by atoms with Crippen molar-refractivity contribution < 1.29 is 9.59 Å². The molecule has 3 heterocycles. The van der Waals surface area contributed by atoms with Crippen LogP contribution >= 0.6 is 0 Å². The Bertz CT molecular complexity index is 891. The van der Waals surface area contributed by atoms with Gasteiger partial charge in [0.2, 0.25) is 11.8 Å². The summed E-state index contributed by atoms with van der Waals surface area (Å²) in [6.45, 7) is 4.54. The first-order chi connectivity index (χ1) is 14.6. The van der Waals surface area contributed by atoms with E-state index in [4.69, 9.17) is 0 Å². The van der Waals surface area contributed by atoms with Gasteiger partial charge in [0, 0.05) is 44.7 Å². The molecule has 1 unspecified atom stereocenters. The average molecular weight is 409 g/mol. The van der Waals surface area contributed by atoms with Gasteiger partial charge in [-0.2, -0.15) is 0 Å². The molecule has 1 aromatic carbocycles. The van der Waals surface area contributed by atoms with Crippen molar-refractivity contribution in [2.24, 2.45) is 17.3 Å². The Hall–Kier alpha value is -2.81. The average Bonchev–Trinajstić information content (AvgIpc) is 3.26. The van der Waals surface area contributed by atoms with Crippen LogP contribution in [0.25, 0.3) is 0 Å². The Morgan fingerprint density at radius 2 is 1.93 bits per heavy atom. The van der Waals surface area contributed by atoms with Crippen LogP contribution < -0.4 is 5.32 Å². The van der Waals surface area contributed by atoms with Crippen molar-refractivity contribution in [3.05, 3.63) is 42.2 Å². The lowest BCUT2D eigenvalue weighted by Gasteiger charge is -2.50. The molecule has 5 rings (SSSR count). The van der Waals surface area contributed by atoms with Crippen LogP contribution in [-0.2, 0) is 22.7 Å². The second kappa shape index (κ2) is 7.79. The molecule has 1 saturated carbocycles. The van der Waals surface area contributed by atoms with Gasteiger partial charge in [0.05, 0.1) is 5.92 Å². The van der Waals surface area contributed by atoms with Crippen LogP contribution in [0.3, 0.4) is 0 Å². The number of hydrogen-bond donors (Lipinski definition) is 1. The van der Waals surface area contributed by atoms with Gasteiger partial charge in [0.25, 0.3) is 0 Å². The Labute approximate surface area is 175 Å². The van der Waals surface area contributed by atoms with Crippen LogP contribution in [0.2, 0.25) is 0 Å². The van der Waals surface area contributed by atoms with Crippen molar-refractivity contribution in [1.82, 2.24) is 35.3 Å². The molecule has 2 aliphatic heterocycles. The summed E-state index contributed by atoms with van der Waals surface area (Å²) in [5.74, 6) is 0.705. The second-order valence-electron chi connectivity index (χ2n) is 9.02. The van der Waals surface area contributed by atoms with E-state index in [1.165, 1.54) is 29.4 Å². The van der Waals surface area contributed by atoms with Crippen LogP contribution in [-0.4, -0.2) is 74.5 Å². The summed E-state index contributed by atoms with van der Waals surface area (Å²) in [5.41, 5.74) is 1.08. The van der Waals surface area contributed by atoms with Gasteiger partial charge in [0.1, 0.15) is 12.9 Å². The van der Waals surface area contributed by atoms with Gasteiger partial charge in [-0.05, 0) is 34.7 Å². The highest BCUT2D eigenvalue weighted by Crippen LogP contribution is 2.44. The summed E-state index contributed by atoms with van der Waals surface area (Å²) in [6, 6.07) is 10.3. The van der Waals surface area contributed by atoms with Gasteiger partial charge in [0.15, 0.2) is 0 Å². The predicted octanol–water partition coefficient (Wildman–Crippen LogP) is 0.160. The number of nitrogens with one attached hydrogen (secondary N) is 1. The zero-order valence-corrected chi connectivity index (χ0v) is 17.0. The maximum Gasteiger partial charge on any atom is 0.244 e. The quantitative estimate of drug-likeness (QED) is 0.700. The Morgan fingerprint density at radius 1 is 1.13 bits per heavy atom. The zero-order chi connectivity index (χ0) is 20.6. The van der Waals surface area contributed by atoms with Crippen molar-refractivity contribution in [3.8, 4) is 0 Å². The van der Waals surface area contributed by atoms with E-state index >= 15 is 0 Å². The number of carbonyl (C=O) groups excluding carboxylic acids is 2. The first kappa shape index (κ1) is 19.2. The highest BCUT2D eigenvalue weighted by Gasteiger charge is 2.57. The number of amides is 2. The summed E-state index contributed by atoms with van der Waals surface area (Å²) < 4.78 is 1.43. The van der Waals surface area contributed by atoms with Crippen LogP contribution in [0.15, 0.2) is 36.7 Å². The lowest BCUT2D eigenvalue weighted by atomic mass is 9.71. The molecular formula is C21H27N7O2. The van der Waals surface area contributed by atoms with Crippen molar-refractivity contribution in [2.45, 2.75) is 25.9 Å². The third-order valence-electron chi connectivity index (χ3n) is 6.60. The van der Waals surface area contributed by atoms with E-state index in [2.05, 4.69) is 37.9 Å². The predicted molar refractivity (Wildman–Crippen MR) is 108 cm³/mol. The number of hydrogen-bond acceptors (Lipinski definition) is 6. The normalized spacial score (nSPS) is 22.8.